The van der Waals surface area contributed by atoms with Crippen LogP contribution in [0.25, 0.3) is 0 Å². The summed E-state index contributed by atoms with van der Waals surface area (Å²) in [7, 11) is -3.22. The number of carbonyl (C=O) groups is 1. The topological polar surface area (TPSA) is 69.7 Å². The van der Waals surface area contributed by atoms with Gasteiger partial charge < -0.3 is 5.32 Å². The second-order valence-electron chi connectivity index (χ2n) is 7.97. The standard InChI is InChI=1S/C21H33N3O3S/c1-2-28(26,27)24-14-6-7-20(17-24)21(25)22-15-18-8-10-19(11-9-18)16-23-12-4-3-5-13-23/h8-11,20H,2-7,12-17H2,1H3,(H,22,25)/t20-/m1/s1. The molecule has 2 aliphatic rings. The molecule has 1 N–H and O–H groups in total. The molecule has 156 valence electrons. The first-order valence-electron chi connectivity index (χ1n) is 10.5. The number of carbonyl (C=O) groups excluding carboxylic acids is 1. The van der Waals surface area contributed by atoms with Gasteiger partial charge in [-0.1, -0.05) is 30.7 Å². The van der Waals surface area contributed by atoms with Gasteiger partial charge in [-0.3, -0.25) is 9.69 Å². The Bertz CT molecular complexity index is 743. The SMILES string of the molecule is CCS(=O)(=O)N1CCC[C@@H](C(=O)NCc2ccc(CN3CCCCC3)cc2)C1. The highest BCUT2D eigenvalue weighted by molar-refractivity contribution is 7.89. The Labute approximate surface area is 169 Å². The molecule has 1 amide bonds. The van der Waals surface area contributed by atoms with Gasteiger partial charge in [0.25, 0.3) is 0 Å². The number of benzene rings is 1. The molecule has 2 fully saturated rings. The summed E-state index contributed by atoms with van der Waals surface area (Å²) in [5.41, 5.74) is 2.38. The van der Waals surface area contributed by atoms with E-state index in [-0.39, 0.29) is 17.6 Å². The summed E-state index contributed by atoms with van der Waals surface area (Å²) in [6.07, 6.45) is 5.42. The van der Waals surface area contributed by atoms with Crippen molar-refractivity contribution in [1.29, 1.82) is 0 Å². The lowest BCUT2D eigenvalue weighted by Gasteiger charge is -2.30. The van der Waals surface area contributed by atoms with Crippen LogP contribution in [-0.2, 0) is 27.9 Å². The van der Waals surface area contributed by atoms with Gasteiger partial charge in [-0.05, 0) is 56.8 Å². The minimum Gasteiger partial charge on any atom is -0.352 e. The molecule has 3 rings (SSSR count). The van der Waals surface area contributed by atoms with E-state index in [4.69, 9.17) is 0 Å². The molecular formula is C21H33N3O3S. The van der Waals surface area contributed by atoms with Crippen LogP contribution in [0.5, 0.6) is 0 Å². The van der Waals surface area contributed by atoms with Crippen LogP contribution < -0.4 is 5.32 Å². The summed E-state index contributed by atoms with van der Waals surface area (Å²) in [5.74, 6) is -0.215. The maximum Gasteiger partial charge on any atom is 0.224 e. The molecule has 1 aromatic carbocycles. The quantitative estimate of drug-likeness (QED) is 0.753. The van der Waals surface area contributed by atoms with Crippen molar-refractivity contribution in [3.8, 4) is 0 Å². The van der Waals surface area contributed by atoms with Crippen LogP contribution in [0.1, 0.15) is 50.2 Å². The Morgan fingerprint density at radius 1 is 1.04 bits per heavy atom. The molecule has 0 radical (unpaired) electrons. The first kappa shape index (κ1) is 21.3. The Kier molecular flexibility index (Phi) is 7.48. The molecule has 28 heavy (non-hydrogen) atoms. The molecule has 6 nitrogen and oxygen atoms in total. The Morgan fingerprint density at radius 2 is 1.71 bits per heavy atom. The van der Waals surface area contributed by atoms with Gasteiger partial charge in [0.05, 0.1) is 11.7 Å². The molecule has 7 heteroatoms. The average molecular weight is 408 g/mol. The number of hydrogen-bond acceptors (Lipinski definition) is 4. The molecule has 0 saturated carbocycles. The number of piperidine rings is 2. The van der Waals surface area contributed by atoms with Gasteiger partial charge in [-0.2, -0.15) is 0 Å². The van der Waals surface area contributed by atoms with Gasteiger partial charge >= 0.3 is 0 Å². The van der Waals surface area contributed by atoms with Gasteiger partial charge in [0.1, 0.15) is 0 Å². The van der Waals surface area contributed by atoms with Crippen molar-refractivity contribution in [2.45, 2.75) is 52.1 Å². The van der Waals surface area contributed by atoms with E-state index in [0.717, 1.165) is 24.9 Å². The first-order chi connectivity index (χ1) is 13.5. The fraction of sp³-hybridized carbons (Fsp3) is 0.667. The largest absolute Gasteiger partial charge is 0.352 e. The third-order valence-electron chi connectivity index (χ3n) is 5.86. The van der Waals surface area contributed by atoms with E-state index in [0.29, 0.717) is 19.6 Å². The molecule has 1 atom stereocenters. The van der Waals surface area contributed by atoms with Crippen LogP contribution in [0.2, 0.25) is 0 Å². The van der Waals surface area contributed by atoms with Gasteiger partial charge in [0.2, 0.25) is 15.9 Å². The Balaban J connectivity index is 1.47. The molecule has 0 aromatic heterocycles. The number of amides is 1. The normalized spacial score (nSPS) is 22.1. The van der Waals surface area contributed by atoms with Crippen LogP contribution in [0, 0.1) is 5.92 Å². The highest BCUT2D eigenvalue weighted by atomic mass is 32.2. The molecule has 2 saturated heterocycles. The van der Waals surface area contributed by atoms with Gasteiger partial charge in [0.15, 0.2) is 0 Å². The molecule has 0 aliphatic carbocycles. The highest BCUT2D eigenvalue weighted by Crippen LogP contribution is 2.20. The van der Waals surface area contributed by atoms with Crippen LogP contribution in [0.15, 0.2) is 24.3 Å². The zero-order valence-electron chi connectivity index (χ0n) is 16.9. The van der Waals surface area contributed by atoms with Crippen molar-refractivity contribution < 1.29 is 13.2 Å². The third-order valence-corrected chi connectivity index (χ3v) is 7.71. The molecule has 0 unspecified atom stereocenters. The highest BCUT2D eigenvalue weighted by Gasteiger charge is 2.31. The zero-order valence-corrected chi connectivity index (χ0v) is 17.7. The molecule has 2 heterocycles. The van der Waals surface area contributed by atoms with Crippen molar-refractivity contribution in [1.82, 2.24) is 14.5 Å². The van der Waals surface area contributed by atoms with E-state index in [9.17, 15) is 13.2 Å². The number of nitrogens with one attached hydrogen (secondary N) is 1. The lowest BCUT2D eigenvalue weighted by atomic mass is 9.98. The molecular weight excluding hydrogens is 374 g/mol. The predicted octanol–water partition coefficient (Wildman–Crippen LogP) is 2.35. The van der Waals surface area contributed by atoms with Gasteiger partial charge in [-0.25, -0.2) is 12.7 Å². The van der Waals surface area contributed by atoms with Crippen molar-refractivity contribution in [3.63, 3.8) is 0 Å². The molecule has 1 aromatic rings. The zero-order chi connectivity index (χ0) is 20.0. The predicted molar refractivity (Wildman–Crippen MR) is 111 cm³/mol. The minimum absolute atomic E-state index is 0.0478. The molecule has 0 bridgehead atoms. The monoisotopic (exact) mass is 407 g/mol. The number of nitrogens with zero attached hydrogens (tertiary/aromatic N) is 2. The number of sulfonamides is 1. The summed E-state index contributed by atoms with van der Waals surface area (Å²) in [6, 6.07) is 8.45. The fourth-order valence-electron chi connectivity index (χ4n) is 4.06. The van der Waals surface area contributed by atoms with E-state index in [2.05, 4.69) is 34.5 Å². The van der Waals surface area contributed by atoms with E-state index >= 15 is 0 Å². The second kappa shape index (κ2) is 9.85. The summed E-state index contributed by atoms with van der Waals surface area (Å²) < 4.78 is 25.6. The Morgan fingerprint density at radius 3 is 2.39 bits per heavy atom. The van der Waals surface area contributed by atoms with E-state index in [1.54, 1.807) is 6.92 Å². The number of likely N-dealkylation sites (tertiary alicyclic amines) is 1. The van der Waals surface area contributed by atoms with Crippen molar-refractivity contribution in [2.24, 2.45) is 5.92 Å². The summed E-state index contributed by atoms with van der Waals surface area (Å²) in [4.78, 5) is 15.0. The summed E-state index contributed by atoms with van der Waals surface area (Å²) in [6.45, 7) is 6.33. The molecule has 0 spiro atoms. The van der Waals surface area contributed by atoms with Crippen LogP contribution in [0.4, 0.5) is 0 Å². The van der Waals surface area contributed by atoms with E-state index in [1.807, 2.05) is 0 Å². The average Bonchev–Trinajstić information content (AvgIpc) is 2.74. The van der Waals surface area contributed by atoms with Crippen molar-refractivity contribution >= 4 is 15.9 Å². The fourth-order valence-corrected chi connectivity index (χ4v) is 5.24. The van der Waals surface area contributed by atoms with E-state index in [1.165, 1.54) is 42.2 Å². The summed E-state index contributed by atoms with van der Waals surface area (Å²) >= 11 is 0. The third kappa shape index (κ3) is 5.78. The minimum atomic E-state index is -3.22. The number of rotatable bonds is 7. The van der Waals surface area contributed by atoms with Gasteiger partial charge in [-0.15, -0.1) is 0 Å². The van der Waals surface area contributed by atoms with Gasteiger partial charge in [0, 0.05) is 26.2 Å². The van der Waals surface area contributed by atoms with Crippen molar-refractivity contribution in [3.05, 3.63) is 35.4 Å². The Hall–Kier alpha value is -1.44. The number of hydrogen-bond donors (Lipinski definition) is 1. The van der Waals surface area contributed by atoms with Crippen molar-refractivity contribution in [2.75, 3.05) is 31.9 Å². The van der Waals surface area contributed by atoms with E-state index < -0.39 is 10.0 Å². The van der Waals surface area contributed by atoms with Crippen LogP contribution in [0.3, 0.4) is 0 Å². The maximum atomic E-state index is 12.5. The first-order valence-corrected chi connectivity index (χ1v) is 12.1. The second-order valence-corrected chi connectivity index (χ2v) is 10.2. The maximum absolute atomic E-state index is 12.5. The van der Waals surface area contributed by atoms with Crippen LogP contribution >= 0.6 is 0 Å². The van der Waals surface area contributed by atoms with Crippen LogP contribution in [-0.4, -0.2) is 55.5 Å². The lowest BCUT2D eigenvalue weighted by Crippen LogP contribution is -2.45. The summed E-state index contributed by atoms with van der Waals surface area (Å²) in [5, 5.41) is 2.99. The smallest absolute Gasteiger partial charge is 0.224 e. The lowest BCUT2D eigenvalue weighted by molar-refractivity contribution is -0.126. The molecule has 2 aliphatic heterocycles.